The number of halogens is 1. The van der Waals surface area contributed by atoms with E-state index < -0.39 is 4.92 Å². The third-order valence-corrected chi connectivity index (χ3v) is 4.16. The van der Waals surface area contributed by atoms with Crippen LogP contribution < -0.4 is 9.47 Å². The van der Waals surface area contributed by atoms with Crippen LogP contribution in [0.4, 0.5) is 5.69 Å². The highest BCUT2D eigenvalue weighted by Crippen LogP contribution is 2.42. The summed E-state index contributed by atoms with van der Waals surface area (Å²) in [4.78, 5) is 10.9. The Kier molecular flexibility index (Phi) is 4.07. The number of hydrogen-bond acceptors (Lipinski definition) is 4. The molecule has 3 aromatic rings. The minimum Gasteiger partial charge on any atom is -0.456 e. The minimum atomic E-state index is -0.473. The summed E-state index contributed by atoms with van der Waals surface area (Å²) in [7, 11) is 0. The standard InChI is InChI=1S/C20H12ClNO4/c21-14-6-8-16(9-7-14)25-19-11-15(22(23)24)12-20-17(19)10-5-13-3-1-2-4-18(13)26-20/h1-12H. The summed E-state index contributed by atoms with van der Waals surface area (Å²) in [6, 6.07) is 17.0. The molecule has 3 aromatic carbocycles. The normalized spacial score (nSPS) is 11.7. The zero-order chi connectivity index (χ0) is 18.1. The van der Waals surface area contributed by atoms with Crippen molar-refractivity contribution in [2.75, 3.05) is 0 Å². The fourth-order valence-corrected chi connectivity index (χ4v) is 2.78. The van der Waals surface area contributed by atoms with E-state index >= 15 is 0 Å². The third-order valence-electron chi connectivity index (χ3n) is 3.91. The van der Waals surface area contributed by atoms with Gasteiger partial charge in [-0.2, -0.15) is 0 Å². The molecule has 0 radical (unpaired) electrons. The lowest BCUT2D eigenvalue weighted by Gasteiger charge is -2.13. The zero-order valence-corrected chi connectivity index (χ0v) is 14.1. The molecule has 5 nitrogen and oxygen atoms in total. The minimum absolute atomic E-state index is 0.111. The van der Waals surface area contributed by atoms with Crippen LogP contribution in [0.25, 0.3) is 12.2 Å². The average Bonchev–Trinajstić information content (AvgIpc) is 2.82. The highest BCUT2D eigenvalue weighted by Gasteiger charge is 2.21. The number of benzene rings is 3. The summed E-state index contributed by atoms with van der Waals surface area (Å²) < 4.78 is 11.8. The number of fused-ring (bicyclic) bond motifs is 2. The monoisotopic (exact) mass is 365 g/mol. The predicted molar refractivity (Wildman–Crippen MR) is 100 cm³/mol. The summed E-state index contributed by atoms with van der Waals surface area (Å²) in [6.07, 6.45) is 3.72. The molecule has 1 heterocycles. The van der Waals surface area contributed by atoms with Crippen LogP contribution >= 0.6 is 11.6 Å². The Labute approximate surface area is 154 Å². The Morgan fingerprint density at radius 3 is 2.50 bits per heavy atom. The number of ether oxygens (including phenoxy) is 2. The van der Waals surface area contributed by atoms with Crippen LogP contribution in [-0.2, 0) is 0 Å². The summed E-state index contributed by atoms with van der Waals surface area (Å²) >= 11 is 5.89. The van der Waals surface area contributed by atoms with Crippen molar-refractivity contribution in [2.24, 2.45) is 0 Å². The van der Waals surface area contributed by atoms with Crippen LogP contribution in [0.1, 0.15) is 11.1 Å². The molecule has 0 aromatic heterocycles. The highest BCUT2D eigenvalue weighted by molar-refractivity contribution is 6.30. The van der Waals surface area contributed by atoms with Crippen LogP contribution in [0, 0.1) is 10.1 Å². The molecule has 0 N–H and O–H groups in total. The van der Waals surface area contributed by atoms with E-state index in [9.17, 15) is 10.1 Å². The molecule has 128 valence electrons. The second-order valence-corrected chi connectivity index (χ2v) is 6.08. The molecule has 0 bridgehead atoms. The van der Waals surface area contributed by atoms with Crippen LogP contribution in [0.5, 0.6) is 23.0 Å². The van der Waals surface area contributed by atoms with E-state index in [4.69, 9.17) is 21.1 Å². The van der Waals surface area contributed by atoms with Crippen LogP contribution in [0.3, 0.4) is 0 Å². The molecule has 0 amide bonds. The van der Waals surface area contributed by atoms with Gasteiger partial charge < -0.3 is 9.47 Å². The lowest BCUT2D eigenvalue weighted by Crippen LogP contribution is -1.96. The van der Waals surface area contributed by atoms with E-state index in [2.05, 4.69) is 0 Å². The van der Waals surface area contributed by atoms with Gasteiger partial charge in [-0.05, 0) is 36.4 Å². The first-order valence-corrected chi connectivity index (χ1v) is 8.19. The molecule has 0 fully saturated rings. The van der Waals surface area contributed by atoms with E-state index in [0.717, 1.165) is 5.56 Å². The predicted octanol–water partition coefficient (Wildman–Crippen LogP) is 6.32. The lowest BCUT2D eigenvalue weighted by atomic mass is 10.1. The third kappa shape index (κ3) is 3.12. The summed E-state index contributed by atoms with van der Waals surface area (Å²) in [5.74, 6) is 1.85. The van der Waals surface area contributed by atoms with Gasteiger partial charge in [0, 0.05) is 10.6 Å². The topological polar surface area (TPSA) is 61.6 Å². The van der Waals surface area contributed by atoms with Gasteiger partial charge in [0.1, 0.15) is 23.0 Å². The van der Waals surface area contributed by atoms with Crippen LogP contribution in [0.2, 0.25) is 5.02 Å². The Morgan fingerprint density at radius 2 is 1.73 bits per heavy atom. The molecule has 0 atom stereocenters. The van der Waals surface area contributed by atoms with Crippen molar-refractivity contribution in [3.8, 4) is 23.0 Å². The summed E-state index contributed by atoms with van der Waals surface area (Å²) in [6.45, 7) is 0. The average molecular weight is 366 g/mol. The van der Waals surface area contributed by atoms with Crippen molar-refractivity contribution in [3.05, 3.63) is 86.9 Å². The lowest BCUT2D eigenvalue weighted by molar-refractivity contribution is -0.385. The number of hydrogen-bond donors (Lipinski definition) is 0. The maximum absolute atomic E-state index is 11.3. The summed E-state index contributed by atoms with van der Waals surface area (Å²) in [5, 5.41) is 11.9. The molecule has 0 saturated heterocycles. The first-order valence-electron chi connectivity index (χ1n) is 7.81. The molecule has 0 aliphatic carbocycles. The Hall–Kier alpha value is -3.31. The molecule has 6 heteroatoms. The van der Waals surface area contributed by atoms with Crippen LogP contribution in [-0.4, -0.2) is 4.92 Å². The molecule has 0 unspecified atom stereocenters. The molecular formula is C20H12ClNO4. The van der Waals surface area contributed by atoms with Crippen molar-refractivity contribution in [3.63, 3.8) is 0 Å². The molecular weight excluding hydrogens is 354 g/mol. The fourth-order valence-electron chi connectivity index (χ4n) is 2.66. The Balaban J connectivity index is 1.83. The van der Waals surface area contributed by atoms with Gasteiger partial charge in [-0.3, -0.25) is 10.1 Å². The molecule has 1 aliphatic rings. The molecule has 26 heavy (non-hydrogen) atoms. The number of nitro benzene ring substituents is 1. The quantitative estimate of drug-likeness (QED) is 0.315. The van der Waals surface area contributed by atoms with Crippen LogP contribution in [0.15, 0.2) is 60.7 Å². The Bertz CT molecular complexity index is 1030. The first-order chi connectivity index (χ1) is 12.6. The largest absolute Gasteiger partial charge is 0.456 e. The van der Waals surface area contributed by atoms with Crippen molar-refractivity contribution >= 4 is 29.4 Å². The first kappa shape index (κ1) is 16.2. The number of para-hydroxylation sites is 1. The van der Waals surface area contributed by atoms with Gasteiger partial charge in [0.05, 0.1) is 22.6 Å². The number of rotatable bonds is 3. The zero-order valence-electron chi connectivity index (χ0n) is 13.4. The molecule has 0 saturated carbocycles. The van der Waals surface area contributed by atoms with E-state index in [0.29, 0.717) is 33.6 Å². The highest BCUT2D eigenvalue weighted by atomic mass is 35.5. The summed E-state index contributed by atoms with van der Waals surface area (Å²) in [5.41, 5.74) is 1.39. The SMILES string of the molecule is O=[N+]([O-])c1cc(Oc2ccc(Cl)cc2)c2c(c1)Oc1ccccc1C=C2. The second kappa shape index (κ2) is 6.54. The van der Waals surface area contributed by atoms with Crippen molar-refractivity contribution in [1.82, 2.24) is 0 Å². The molecule has 4 rings (SSSR count). The van der Waals surface area contributed by atoms with Gasteiger partial charge >= 0.3 is 0 Å². The van der Waals surface area contributed by atoms with E-state index in [1.165, 1.54) is 12.1 Å². The van der Waals surface area contributed by atoms with Gasteiger partial charge in [-0.1, -0.05) is 35.9 Å². The van der Waals surface area contributed by atoms with Gasteiger partial charge in [-0.15, -0.1) is 0 Å². The number of nitrogens with zero attached hydrogens (tertiary/aromatic N) is 1. The Morgan fingerprint density at radius 1 is 0.962 bits per heavy atom. The van der Waals surface area contributed by atoms with E-state index in [1.54, 1.807) is 24.3 Å². The van der Waals surface area contributed by atoms with Crippen molar-refractivity contribution < 1.29 is 14.4 Å². The molecule has 0 spiro atoms. The van der Waals surface area contributed by atoms with E-state index in [1.807, 2.05) is 36.4 Å². The molecule has 1 aliphatic heterocycles. The second-order valence-electron chi connectivity index (χ2n) is 5.64. The maximum atomic E-state index is 11.3. The van der Waals surface area contributed by atoms with E-state index in [-0.39, 0.29) is 5.69 Å². The van der Waals surface area contributed by atoms with Gasteiger partial charge in [0.15, 0.2) is 0 Å². The van der Waals surface area contributed by atoms with Gasteiger partial charge in [0.2, 0.25) is 0 Å². The maximum Gasteiger partial charge on any atom is 0.276 e. The fraction of sp³-hybridized carbons (Fsp3) is 0. The number of non-ortho nitro benzene ring substituents is 1. The number of nitro groups is 1. The van der Waals surface area contributed by atoms with Crippen molar-refractivity contribution in [2.45, 2.75) is 0 Å². The smallest absolute Gasteiger partial charge is 0.276 e. The van der Waals surface area contributed by atoms with Gasteiger partial charge in [0.25, 0.3) is 5.69 Å². The van der Waals surface area contributed by atoms with Crippen molar-refractivity contribution in [1.29, 1.82) is 0 Å². The van der Waals surface area contributed by atoms with Gasteiger partial charge in [-0.25, -0.2) is 0 Å².